The van der Waals surface area contributed by atoms with Crippen molar-refractivity contribution >= 4 is 34.4 Å². The van der Waals surface area contributed by atoms with Crippen LogP contribution in [0.3, 0.4) is 0 Å². The minimum absolute atomic E-state index is 0.0623. The summed E-state index contributed by atoms with van der Waals surface area (Å²) in [5.74, 6) is 2.06. The molecule has 0 saturated carbocycles. The molecule has 0 radical (unpaired) electrons. The van der Waals surface area contributed by atoms with Crippen molar-refractivity contribution in [2.45, 2.75) is 13.5 Å². The molecule has 0 aromatic carbocycles. The summed E-state index contributed by atoms with van der Waals surface area (Å²) in [6.07, 6.45) is 3.19. The van der Waals surface area contributed by atoms with Crippen LogP contribution < -0.4 is 5.56 Å². The van der Waals surface area contributed by atoms with E-state index in [0.29, 0.717) is 3.57 Å². The van der Waals surface area contributed by atoms with Gasteiger partial charge in [0.15, 0.2) is 0 Å². The summed E-state index contributed by atoms with van der Waals surface area (Å²) in [6.45, 7) is 2.86. The molecular formula is C8H11IN2OS. The SMILES string of the molecule is CCSCCn1cncc(I)c1=O. The molecule has 13 heavy (non-hydrogen) atoms. The van der Waals surface area contributed by atoms with Crippen LogP contribution in [0.4, 0.5) is 0 Å². The zero-order valence-corrected chi connectivity index (χ0v) is 10.3. The summed E-state index contributed by atoms with van der Waals surface area (Å²) in [5.41, 5.74) is 0.0623. The van der Waals surface area contributed by atoms with Gasteiger partial charge in [-0.1, -0.05) is 6.92 Å². The first-order valence-electron chi connectivity index (χ1n) is 4.03. The number of aryl methyl sites for hydroxylation is 1. The minimum Gasteiger partial charge on any atom is -0.298 e. The van der Waals surface area contributed by atoms with Gasteiger partial charge in [-0.25, -0.2) is 4.98 Å². The third kappa shape index (κ3) is 3.30. The Balaban J connectivity index is 2.67. The molecule has 0 unspecified atom stereocenters. The zero-order valence-electron chi connectivity index (χ0n) is 7.36. The molecule has 1 aromatic rings. The maximum absolute atomic E-state index is 11.5. The molecule has 72 valence electrons. The lowest BCUT2D eigenvalue weighted by atomic mass is 10.6. The maximum Gasteiger partial charge on any atom is 0.266 e. The van der Waals surface area contributed by atoms with Crippen LogP contribution in [0.1, 0.15) is 6.92 Å². The standard InChI is InChI=1S/C8H11IN2OS/c1-2-13-4-3-11-6-10-5-7(9)8(11)12/h5-6H,2-4H2,1H3. The minimum atomic E-state index is 0.0623. The highest BCUT2D eigenvalue weighted by Crippen LogP contribution is 1.99. The second-order valence-electron chi connectivity index (χ2n) is 2.44. The normalized spacial score (nSPS) is 10.3. The topological polar surface area (TPSA) is 34.9 Å². The molecule has 0 spiro atoms. The van der Waals surface area contributed by atoms with Crippen molar-refractivity contribution in [1.82, 2.24) is 9.55 Å². The average Bonchev–Trinajstić information content (AvgIpc) is 2.13. The monoisotopic (exact) mass is 310 g/mol. The van der Waals surface area contributed by atoms with Crippen molar-refractivity contribution in [1.29, 1.82) is 0 Å². The van der Waals surface area contributed by atoms with Crippen molar-refractivity contribution < 1.29 is 0 Å². The summed E-state index contributed by atoms with van der Waals surface area (Å²) >= 11 is 3.84. The lowest BCUT2D eigenvalue weighted by molar-refractivity contribution is 0.708. The Hall–Kier alpha value is -0.0400. The van der Waals surface area contributed by atoms with Gasteiger partial charge in [-0.05, 0) is 28.3 Å². The molecule has 1 heterocycles. The third-order valence-corrected chi connectivity index (χ3v) is 3.16. The van der Waals surface area contributed by atoms with E-state index >= 15 is 0 Å². The van der Waals surface area contributed by atoms with Crippen molar-refractivity contribution in [2.24, 2.45) is 0 Å². The number of hydrogen-bond donors (Lipinski definition) is 0. The van der Waals surface area contributed by atoms with Crippen LogP contribution in [0.15, 0.2) is 17.3 Å². The smallest absolute Gasteiger partial charge is 0.266 e. The van der Waals surface area contributed by atoms with Crippen LogP contribution in [0.5, 0.6) is 0 Å². The number of thioether (sulfide) groups is 1. The second kappa shape index (κ2) is 5.64. The predicted octanol–water partition coefficient (Wildman–Crippen LogP) is 1.60. The van der Waals surface area contributed by atoms with Gasteiger partial charge in [0, 0.05) is 18.5 Å². The Morgan fingerprint density at radius 1 is 1.69 bits per heavy atom. The number of rotatable bonds is 4. The summed E-state index contributed by atoms with van der Waals surface area (Å²) in [4.78, 5) is 15.4. The van der Waals surface area contributed by atoms with Crippen molar-refractivity contribution in [3.8, 4) is 0 Å². The van der Waals surface area contributed by atoms with E-state index < -0.39 is 0 Å². The van der Waals surface area contributed by atoms with E-state index in [1.165, 1.54) is 0 Å². The van der Waals surface area contributed by atoms with Gasteiger partial charge in [-0.3, -0.25) is 9.36 Å². The summed E-state index contributed by atoms with van der Waals surface area (Å²) < 4.78 is 2.34. The second-order valence-corrected chi connectivity index (χ2v) is 4.99. The van der Waals surface area contributed by atoms with Gasteiger partial charge in [0.2, 0.25) is 0 Å². The Labute approximate surface area is 95.1 Å². The highest BCUT2D eigenvalue weighted by atomic mass is 127. The summed E-state index contributed by atoms with van der Waals surface area (Å²) in [6, 6.07) is 0. The lowest BCUT2D eigenvalue weighted by Crippen LogP contribution is -2.23. The zero-order chi connectivity index (χ0) is 9.68. The molecule has 3 nitrogen and oxygen atoms in total. The van der Waals surface area contributed by atoms with E-state index in [0.717, 1.165) is 18.1 Å². The molecule has 5 heteroatoms. The molecule has 0 N–H and O–H groups in total. The van der Waals surface area contributed by atoms with Gasteiger partial charge in [0.05, 0.1) is 9.90 Å². The van der Waals surface area contributed by atoms with Crippen LogP contribution in [0.2, 0.25) is 0 Å². The molecule has 0 aliphatic rings. The molecule has 1 rings (SSSR count). The number of nitrogens with zero attached hydrogens (tertiary/aromatic N) is 2. The molecule has 0 saturated heterocycles. The molecule has 0 amide bonds. The largest absolute Gasteiger partial charge is 0.298 e. The van der Waals surface area contributed by atoms with E-state index in [4.69, 9.17) is 0 Å². The van der Waals surface area contributed by atoms with Gasteiger partial charge in [-0.15, -0.1) is 0 Å². The van der Waals surface area contributed by atoms with E-state index in [-0.39, 0.29) is 5.56 Å². The van der Waals surface area contributed by atoms with Gasteiger partial charge < -0.3 is 0 Å². The van der Waals surface area contributed by atoms with Gasteiger partial charge in [-0.2, -0.15) is 11.8 Å². The Kier molecular flexibility index (Phi) is 4.79. The van der Waals surface area contributed by atoms with Crippen LogP contribution in [-0.4, -0.2) is 21.1 Å². The highest BCUT2D eigenvalue weighted by molar-refractivity contribution is 14.1. The first-order valence-corrected chi connectivity index (χ1v) is 6.26. The molecule has 1 aromatic heterocycles. The van der Waals surface area contributed by atoms with E-state index in [1.54, 1.807) is 17.1 Å². The highest BCUT2D eigenvalue weighted by Gasteiger charge is 1.99. The van der Waals surface area contributed by atoms with E-state index in [1.807, 2.05) is 34.4 Å². The van der Waals surface area contributed by atoms with Gasteiger partial charge >= 0.3 is 0 Å². The number of hydrogen-bond acceptors (Lipinski definition) is 3. The summed E-state index contributed by atoms with van der Waals surface area (Å²) in [5, 5.41) is 0. The Morgan fingerprint density at radius 2 is 2.46 bits per heavy atom. The Morgan fingerprint density at radius 3 is 3.15 bits per heavy atom. The quantitative estimate of drug-likeness (QED) is 0.626. The first-order chi connectivity index (χ1) is 6.25. The van der Waals surface area contributed by atoms with Gasteiger partial charge in [0.25, 0.3) is 5.56 Å². The van der Waals surface area contributed by atoms with Crippen LogP contribution in [0.25, 0.3) is 0 Å². The third-order valence-electron chi connectivity index (χ3n) is 1.54. The van der Waals surface area contributed by atoms with Crippen LogP contribution >= 0.6 is 34.4 Å². The first kappa shape index (κ1) is 11.0. The van der Waals surface area contributed by atoms with Crippen molar-refractivity contribution in [2.75, 3.05) is 11.5 Å². The fourth-order valence-corrected chi connectivity index (χ4v) is 1.98. The van der Waals surface area contributed by atoms with Crippen molar-refractivity contribution in [3.05, 3.63) is 26.4 Å². The van der Waals surface area contributed by atoms with E-state index in [2.05, 4.69) is 11.9 Å². The number of halogens is 1. The van der Waals surface area contributed by atoms with Gasteiger partial charge in [0.1, 0.15) is 0 Å². The average molecular weight is 310 g/mol. The fourth-order valence-electron chi connectivity index (χ4n) is 0.891. The van der Waals surface area contributed by atoms with E-state index in [9.17, 15) is 4.79 Å². The predicted molar refractivity (Wildman–Crippen MR) is 64.2 cm³/mol. The number of aromatic nitrogens is 2. The lowest BCUT2D eigenvalue weighted by Gasteiger charge is -2.03. The molecule has 0 aliphatic carbocycles. The van der Waals surface area contributed by atoms with Crippen LogP contribution in [-0.2, 0) is 6.54 Å². The Bertz CT molecular complexity index is 326. The maximum atomic E-state index is 11.5. The molecule has 0 bridgehead atoms. The molecule has 0 atom stereocenters. The van der Waals surface area contributed by atoms with Crippen LogP contribution in [0, 0.1) is 3.57 Å². The molecular weight excluding hydrogens is 299 g/mol. The fraction of sp³-hybridized carbons (Fsp3) is 0.500. The molecule has 0 aliphatic heterocycles. The van der Waals surface area contributed by atoms with Crippen molar-refractivity contribution in [3.63, 3.8) is 0 Å². The summed E-state index contributed by atoms with van der Waals surface area (Å²) in [7, 11) is 0. The molecule has 0 fully saturated rings.